The Kier molecular flexibility index (Phi) is 3.83. The van der Waals surface area contributed by atoms with Gasteiger partial charge in [-0.15, -0.1) is 0 Å². The van der Waals surface area contributed by atoms with Gasteiger partial charge in [0.25, 0.3) is 0 Å². The standard InChI is InChI=1S/C16H20N2O2/c19-14-5-6-15(16(20)11-14)12-1-3-13(4-2-12)18-9-7-17-8-10-18/h1-4,15,17H,5-11H2. The average Bonchev–Trinajstić information content (AvgIpc) is 2.48. The summed E-state index contributed by atoms with van der Waals surface area (Å²) in [5, 5.41) is 3.34. The summed E-state index contributed by atoms with van der Waals surface area (Å²) >= 11 is 0. The zero-order valence-corrected chi connectivity index (χ0v) is 11.6. The van der Waals surface area contributed by atoms with E-state index in [-0.39, 0.29) is 23.9 Å². The van der Waals surface area contributed by atoms with Gasteiger partial charge < -0.3 is 10.2 Å². The number of nitrogens with zero attached hydrogens (tertiary/aromatic N) is 1. The Bertz CT molecular complexity index is 504. The topological polar surface area (TPSA) is 49.4 Å². The number of hydrogen-bond donors (Lipinski definition) is 1. The van der Waals surface area contributed by atoms with Crippen LogP contribution < -0.4 is 10.2 Å². The second kappa shape index (κ2) is 5.75. The van der Waals surface area contributed by atoms with Gasteiger partial charge in [-0.1, -0.05) is 12.1 Å². The third-order valence-corrected chi connectivity index (χ3v) is 4.25. The number of carbonyl (C=O) groups excluding carboxylic acids is 2. The molecular weight excluding hydrogens is 252 g/mol. The summed E-state index contributed by atoms with van der Waals surface area (Å²) in [5.74, 6) is 0.0876. The highest BCUT2D eigenvalue weighted by molar-refractivity contribution is 6.04. The number of Topliss-reactive ketones (excluding diaryl/α,β-unsaturated/α-hetero) is 2. The number of ketones is 2. The Labute approximate surface area is 119 Å². The smallest absolute Gasteiger partial charge is 0.147 e. The zero-order chi connectivity index (χ0) is 13.9. The maximum atomic E-state index is 12.0. The lowest BCUT2D eigenvalue weighted by molar-refractivity contribution is -0.130. The van der Waals surface area contributed by atoms with Crippen molar-refractivity contribution in [3.63, 3.8) is 0 Å². The van der Waals surface area contributed by atoms with Crippen LogP contribution in [-0.4, -0.2) is 37.7 Å². The normalized spacial score (nSPS) is 24.0. The van der Waals surface area contributed by atoms with Crippen LogP contribution in [0.3, 0.4) is 0 Å². The summed E-state index contributed by atoms with van der Waals surface area (Å²) in [5.41, 5.74) is 2.27. The van der Waals surface area contributed by atoms with Gasteiger partial charge in [0.2, 0.25) is 0 Å². The van der Waals surface area contributed by atoms with Gasteiger partial charge in [-0.25, -0.2) is 0 Å². The van der Waals surface area contributed by atoms with E-state index in [1.54, 1.807) is 0 Å². The van der Waals surface area contributed by atoms with Crippen LogP contribution in [-0.2, 0) is 9.59 Å². The molecule has 1 aliphatic carbocycles. The summed E-state index contributed by atoms with van der Waals surface area (Å²) < 4.78 is 0. The predicted molar refractivity (Wildman–Crippen MR) is 78.1 cm³/mol. The van der Waals surface area contributed by atoms with Crippen molar-refractivity contribution in [1.82, 2.24) is 5.32 Å². The Morgan fingerprint density at radius 3 is 2.40 bits per heavy atom. The van der Waals surface area contributed by atoms with Gasteiger partial charge in [0.05, 0.1) is 6.42 Å². The van der Waals surface area contributed by atoms with E-state index in [0.29, 0.717) is 12.8 Å². The van der Waals surface area contributed by atoms with Gasteiger partial charge in [0.1, 0.15) is 11.6 Å². The molecule has 1 saturated heterocycles. The summed E-state index contributed by atoms with van der Waals surface area (Å²) in [6.45, 7) is 4.09. The molecule has 0 bridgehead atoms. The van der Waals surface area contributed by atoms with Crippen LogP contribution in [0.15, 0.2) is 24.3 Å². The van der Waals surface area contributed by atoms with Crippen molar-refractivity contribution in [3.8, 4) is 0 Å². The van der Waals surface area contributed by atoms with E-state index in [4.69, 9.17) is 0 Å². The molecule has 1 N–H and O–H groups in total. The summed E-state index contributed by atoms with van der Waals surface area (Å²) in [6, 6.07) is 8.31. The fourth-order valence-corrected chi connectivity index (χ4v) is 3.07. The lowest BCUT2D eigenvalue weighted by Crippen LogP contribution is -2.43. The molecule has 0 aromatic heterocycles. The molecule has 0 amide bonds. The van der Waals surface area contributed by atoms with Gasteiger partial charge >= 0.3 is 0 Å². The molecule has 106 valence electrons. The quantitative estimate of drug-likeness (QED) is 0.829. The molecule has 0 radical (unpaired) electrons. The molecule has 1 aromatic rings. The molecule has 1 aliphatic heterocycles. The monoisotopic (exact) mass is 272 g/mol. The second-order valence-corrected chi connectivity index (χ2v) is 5.60. The highest BCUT2D eigenvalue weighted by Crippen LogP contribution is 2.29. The van der Waals surface area contributed by atoms with Gasteiger partial charge in [-0.3, -0.25) is 9.59 Å². The maximum Gasteiger partial charge on any atom is 0.147 e. The Hall–Kier alpha value is -1.68. The minimum absolute atomic E-state index is 0.0789. The van der Waals surface area contributed by atoms with Crippen LogP contribution in [0.2, 0.25) is 0 Å². The number of benzene rings is 1. The highest BCUT2D eigenvalue weighted by atomic mass is 16.1. The first-order chi connectivity index (χ1) is 9.74. The number of rotatable bonds is 2. The van der Waals surface area contributed by atoms with E-state index < -0.39 is 0 Å². The highest BCUT2D eigenvalue weighted by Gasteiger charge is 2.28. The number of anilines is 1. The molecule has 4 heteroatoms. The summed E-state index contributed by atoms with van der Waals surface area (Å²) in [6.07, 6.45) is 1.32. The first-order valence-electron chi connectivity index (χ1n) is 7.34. The Morgan fingerprint density at radius 2 is 1.75 bits per heavy atom. The zero-order valence-electron chi connectivity index (χ0n) is 11.6. The first-order valence-corrected chi connectivity index (χ1v) is 7.34. The Balaban J connectivity index is 1.72. The van der Waals surface area contributed by atoms with E-state index in [2.05, 4.69) is 34.5 Å². The van der Waals surface area contributed by atoms with Crippen molar-refractivity contribution in [1.29, 1.82) is 0 Å². The lowest BCUT2D eigenvalue weighted by Gasteiger charge is -2.30. The molecule has 0 spiro atoms. The first kappa shape index (κ1) is 13.3. The molecular formula is C16H20N2O2. The van der Waals surface area contributed by atoms with Crippen LogP contribution in [0, 0.1) is 0 Å². The molecule has 2 fully saturated rings. The SMILES string of the molecule is O=C1CCC(c2ccc(N3CCNCC3)cc2)C(=O)C1. The maximum absolute atomic E-state index is 12.0. The van der Waals surface area contributed by atoms with E-state index in [0.717, 1.165) is 31.7 Å². The van der Waals surface area contributed by atoms with Crippen LogP contribution in [0.25, 0.3) is 0 Å². The van der Waals surface area contributed by atoms with Crippen molar-refractivity contribution >= 4 is 17.3 Å². The molecule has 1 saturated carbocycles. The van der Waals surface area contributed by atoms with Crippen molar-refractivity contribution in [2.24, 2.45) is 0 Å². The molecule has 1 aromatic carbocycles. The molecule has 4 nitrogen and oxygen atoms in total. The Morgan fingerprint density at radius 1 is 1.05 bits per heavy atom. The fraction of sp³-hybridized carbons (Fsp3) is 0.500. The number of nitrogens with one attached hydrogen (secondary N) is 1. The van der Waals surface area contributed by atoms with Crippen molar-refractivity contribution in [2.75, 3.05) is 31.1 Å². The van der Waals surface area contributed by atoms with E-state index in [1.165, 1.54) is 5.69 Å². The number of piperazine rings is 1. The van der Waals surface area contributed by atoms with Crippen molar-refractivity contribution in [2.45, 2.75) is 25.2 Å². The van der Waals surface area contributed by atoms with Gasteiger partial charge in [0, 0.05) is 44.2 Å². The minimum Gasteiger partial charge on any atom is -0.369 e. The van der Waals surface area contributed by atoms with Gasteiger partial charge in [-0.05, 0) is 24.1 Å². The van der Waals surface area contributed by atoms with Crippen LogP contribution in [0.5, 0.6) is 0 Å². The number of carbonyl (C=O) groups is 2. The molecule has 1 unspecified atom stereocenters. The molecule has 1 atom stereocenters. The van der Waals surface area contributed by atoms with Crippen molar-refractivity contribution in [3.05, 3.63) is 29.8 Å². The third-order valence-electron chi connectivity index (χ3n) is 4.25. The average molecular weight is 272 g/mol. The van der Waals surface area contributed by atoms with Crippen LogP contribution in [0.1, 0.15) is 30.7 Å². The lowest BCUT2D eigenvalue weighted by atomic mass is 9.82. The number of hydrogen-bond acceptors (Lipinski definition) is 4. The fourth-order valence-electron chi connectivity index (χ4n) is 3.07. The molecule has 1 heterocycles. The largest absolute Gasteiger partial charge is 0.369 e. The summed E-state index contributed by atoms with van der Waals surface area (Å²) in [7, 11) is 0. The molecule has 20 heavy (non-hydrogen) atoms. The van der Waals surface area contributed by atoms with E-state index in [9.17, 15) is 9.59 Å². The van der Waals surface area contributed by atoms with Crippen LogP contribution in [0.4, 0.5) is 5.69 Å². The van der Waals surface area contributed by atoms with E-state index >= 15 is 0 Å². The molecule has 2 aliphatic rings. The van der Waals surface area contributed by atoms with Crippen LogP contribution >= 0.6 is 0 Å². The minimum atomic E-state index is -0.0789. The third kappa shape index (κ3) is 2.75. The second-order valence-electron chi connectivity index (χ2n) is 5.60. The van der Waals surface area contributed by atoms with E-state index in [1.807, 2.05) is 0 Å². The predicted octanol–water partition coefficient (Wildman–Crippen LogP) is 1.50. The molecule has 3 rings (SSSR count). The van der Waals surface area contributed by atoms with Gasteiger partial charge in [-0.2, -0.15) is 0 Å². The van der Waals surface area contributed by atoms with Gasteiger partial charge in [0.15, 0.2) is 0 Å². The summed E-state index contributed by atoms with van der Waals surface area (Å²) in [4.78, 5) is 25.6. The van der Waals surface area contributed by atoms with Crippen molar-refractivity contribution < 1.29 is 9.59 Å².